The molecule has 2 aromatic carbocycles. The van der Waals surface area contributed by atoms with Crippen LogP contribution >= 0.6 is 35.0 Å². The average Bonchev–Trinajstić information content (AvgIpc) is 4.00. The van der Waals surface area contributed by atoms with Crippen molar-refractivity contribution < 1.29 is 42.9 Å². The van der Waals surface area contributed by atoms with Gasteiger partial charge < -0.3 is 49.9 Å². The lowest BCUT2D eigenvalue weighted by molar-refractivity contribution is -0.137. The quantitative estimate of drug-likeness (QED) is 0.0566. The van der Waals surface area contributed by atoms with Crippen LogP contribution in [0.4, 0.5) is 4.79 Å². The van der Waals surface area contributed by atoms with Crippen molar-refractivity contribution in [3.05, 3.63) is 58.6 Å². The molecule has 5 amide bonds. The summed E-state index contributed by atoms with van der Waals surface area (Å²) in [7, 11) is 0. The number of amides is 5. The number of fused-ring (bicyclic) bond motifs is 1. The average molecular weight is 938 g/mol. The second-order valence-corrected chi connectivity index (χ2v) is 18.2. The van der Waals surface area contributed by atoms with Gasteiger partial charge in [-0.1, -0.05) is 29.6 Å². The smallest absolute Gasteiger partial charge is 0.315 e. The van der Waals surface area contributed by atoms with E-state index in [1.54, 1.807) is 48.5 Å². The van der Waals surface area contributed by atoms with Crippen LogP contribution in [0, 0.1) is 0 Å². The second kappa shape index (κ2) is 26.4. The predicted molar refractivity (Wildman–Crippen MR) is 241 cm³/mol. The highest BCUT2D eigenvalue weighted by Gasteiger charge is 2.42. The number of urea groups is 1. The third-order valence-electron chi connectivity index (χ3n) is 11.4. The molecule has 20 heteroatoms. The molecule has 4 fully saturated rings. The van der Waals surface area contributed by atoms with Crippen molar-refractivity contribution >= 4 is 58.7 Å². The first-order valence-corrected chi connectivity index (χ1v) is 23.8. The third-order valence-corrected chi connectivity index (χ3v) is 13.4. The summed E-state index contributed by atoms with van der Waals surface area (Å²) in [6.45, 7) is 4.72. The van der Waals surface area contributed by atoms with Crippen LogP contribution in [0.15, 0.2) is 48.5 Å². The van der Waals surface area contributed by atoms with Gasteiger partial charge in [0.05, 0.1) is 57.8 Å². The molecule has 6 N–H and O–H groups in total. The number of nitrogens with one attached hydrogen (secondary N) is 6. The van der Waals surface area contributed by atoms with Crippen molar-refractivity contribution in [3.63, 3.8) is 0 Å². The molecule has 4 aliphatic rings. The van der Waals surface area contributed by atoms with E-state index >= 15 is 0 Å². The fourth-order valence-electron chi connectivity index (χ4n) is 8.06. The van der Waals surface area contributed by atoms with Gasteiger partial charge in [0.1, 0.15) is 11.5 Å². The molecule has 0 aromatic heterocycles. The van der Waals surface area contributed by atoms with E-state index < -0.39 is 0 Å². The van der Waals surface area contributed by atoms with Crippen LogP contribution in [-0.2, 0) is 28.6 Å². The van der Waals surface area contributed by atoms with Crippen LogP contribution in [0.3, 0.4) is 0 Å². The van der Waals surface area contributed by atoms with Crippen LogP contribution < -0.4 is 41.7 Å². The summed E-state index contributed by atoms with van der Waals surface area (Å²) < 4.78 is 28.5. The number of carbonyl (C=O) groups is 4. The Labute approximate surface area is 383 Å². The maximum Gasteiger partial charge on any atom is 0.315 e. The van der Waals surface area contributed by atoms with Gasteiger partial charge in [0.2, 0.25) is 5.91 Å². The summed E-state index contributed by atoms with van der Waals surface area (Å²) in [5.74, 6) is 1.82. The summed E-state index contributed by atoms with van der Waals surface area (Å²) in [6.07, 6.45) is 6.22. The summed E-state index contributed by atoms with van der Waals surface area (Å²) in [5.41, 5.74) is 6.53. The van der Waals surface area contributed by atoms with Gasteiger partial charge in [-0.15, -0.1) is 0 Å². The Hall–Kier alpha value is -3.59. The largest absolute Gasteiger partial charge is 0.484 e. The number of thioether (sulfide) groups is 1. The zero-order valence-corrected chi connectivity index (χ0v) is 38.0. The highest BCUT2D eigenvalue weighted by atomic mass is 35.5. The summed E-state index contributed by atoms with van der Waals surface area (Å²) in [4.78, 5) is 52.0. The lowest BCUT2D eigenvalue weighted by atomic mass is 9.89. The number of ether oxygens (including phenoxy) is 5. The Morgan fingerprint density at radius 3 is 2.14 bits per heavy atom. The Kier molecular flexibility index (Phi) is 20.5. The molecule has 6 rings (SSSR count). The zero-order chi connectivity index (χ0) is 44.2. The molecule has 3 heterocycles. The predicted octanol–water partition coefficient (Wildman–Crippen LogP) is 3.29. The first-order chi connectivity index (χ1) is 30.7. The first kappa shape index (κ1) is 48.9. The Morgan fingerprint density at radius 2 is 1.44 bits per heavy atom. The van der Waals surface area contributed by atoms with Gasteiger partial charge in [0.25, 0.3) is 11.8 Å². The first-order valence-electron chi connectivity index (χ1n) is 22.0. The van der Waals surface area contributed by atoms with Crippen molar-refractivity contribution in [2.75, 3.05) is 84.8 Å². The van der Waals surface area contributed by atoms with E-state index in [0.29, 0.717) is 99.0 Å². The van der Waals surface area contributed by atoms with Gasteiger partial charge in [0, 0.05) is 65.7 Å². The summed E-state index contributed by atoms with van der Waals surface area (Å²) >= 11 is 13.9. The molecule has 348 valence electrons. The van der Waals surface area contributed by atoms with Crippen molar-refractivity contribution in [2.45, 2.75) is 86.8 Å². The zero-order valence-electron chi connectivity index (χ0n) is 35.7. The summed E-state index contributed by atoms with van der Waals surface area (Å²) in [5, 5.41) is 15.6. The van der Waals surface area contributed by atoms with Crippen molar-refractivity contribution in [1.29, 1.82) is 0 Å². The van der Waals surface area contributed by atoms with E-state index in [0.717, 1.165) is 50.7 Å². The molecule has 3 aliphatic heterocycles. The number of carbonyl (C=O) groups excluding carboxylic acids is 4. The molecule has 3 saturated heterocycles. The van der Waals surface area contributed by atoms with Crippen LogP contribution in [-0.4, -0.2) is 154 Å². The van der Waals surface area contributed by atoms with Gasteiger partial charge in [-0.3, -0.25) is 14.4 Å². The van der Waals surface area contributed by atoms with E-state index in [9.17, 15) is 19.2 Å². The fraction of sp³-hybridized carbons (Fsp3) is 0.628. The third kappa shape index (κ3) is 17.0. The topological polar surface area (TPSA) is 193 Å². The maximum atomic E-state index is 13.7. The molecule has 0 spiro atoms. The molecule has 1 saturated carbocycles. The van der Waals surface area contributed by atoms with Crippen LogP contribution in [0.2, 0.25) is 10.0 Å². The van der Waals surface area contributed by atoms with E-state index in [1.807, 2.05) is 21.7 Å². The normalized spacial score (nSPS) is 23.1. The molecule has 0 bridgehead atoms. The molecule has 63 heavy (non-hydrogen) atoms. The minimum atomic E-state index is -0.188. The van der Waals surface area contributed by atoms with Gasteiger partial charge in [-0.2, -0.15) is 17.3 Å². The lowest BCUT2D eigenvalue weighted by Gasteiger charge is -2.38. The number of hydrogen-bond donors (Lipinski definition) is 6. The number of nitrogens with zero attached hydrogens (tertiary/aromatic N) is 2. The molecule has 3 unspecified atom stereocenters. The maximum absolute atomic E-state index is 13.7. The van der Waals surface area contributed by atoms with E-state index in [4.69, 9.17) is 46.9 Å². The Balaban J connectivity index is 0.790. The standard InChI is InChI=1S/C43H62Cl2N8O9S/c44-30-5-13-35(14-6-30)61-27-40(55)47-32-9-11-34(12-10-32)53(41(56)28-62-36-15-7-31(45)8-16-36)26-33-25-52(51-50-33)18-20-59-22-24-60-23-21-58-19-17-46-39(54)4-2-1-3-38-42-37(29-63-38)48-43(57)49-42/h5-8,13-16,32-34,37-38,42,50-51H,1-4,9-12,17-29H2,(H,46,54)(H,47,55)(H2,48,49,57)/t32?,33?,34?,37?,38-,42?/m0/s1. The Bertz CT molecular complexity index is 1730. The van der Waals surface area contributed by atoms with Gasteiger partial charge >= 0.3 is 6.03 Å². The van der Waals surface area contributed by atoms with E-state index in [-0.39, 0.29) is 67.2 Å². The minimum absolute atomic E-state index is 0.00363. The second-order valence-electron chi connectivity index (χ2n) is 16.1. The number of benzene rings is 2. The van der Waals surface area contributed by atoms with Crippen LogP contribution in [0.5, 0.6) is 11.5 Å². The van der Waals surface area contributed by atoms with E-state index in [2.05, 4.69) is 32.2 Å². The van der Waals surface area contributed by atoms with E-state index in [1.165, 1.54) is 0 Å². The molecular weight excluding hydrogens is 875 g/mol. The molecule has 0 radical (unpaired) electrons. The van der Waals surface area contributed by atoms with Crippen LogP contribution in [0.1, 0.15) is 51.4 Å². The number of hydrogen-bond acceptors (Lipinski definition) is 13. The molecule has 4 atom stereocenters. The SMILES string of the molecule is O=C(CCCC[C@@H]1SCC2NC(=O)NC21)NCCOCCOCCOCCN1CC(CN(C(=O)COc2ccc(Cl)cc2)C2CCC(NC(=O)COc3ccc(Cl)cc3)CC2)NN1. The number of hydrazine groups is 2. The molecule has 1 aliphatic carbocycles. The number of rotatable bonds is 27. The lowest BCUT2D eigenvalue weighted by Crippen LogP contribution is -2.52. The highest BCUT2D eigenvalue weighted by molar-refractivity contribution is 8.00. The molecular formula is C43H62Cl2N8O9S. The monoisotopic (exact) mass is 936 g/mol. The van der Waals surface area contributed by atoms with Crippen molar-refractivity contribution in [2.24, 2.45) is 0 Å². The van der Waals surface area contributed by atoms with Crippen molar-refractivity contribution in [3.8, 4) is 11.5 Å². The van der Waals surface area contributed by atoms with Gasteiger partial charge in [-0.05, 0) is 87.1 Å². The van der Waals surface area contributed by atoms with Gasteiger partial charge in [0.15, 0.2) is 13.2 Å². The Morgan fingerprint density at radius 1 is 0.794 bits per heavy atom. The van der Waals surface area contributed by atoms with Crippen molar-refractivity contribution in [1.82, 2.24) is 42.1 Å². The number of halogens is 2. The number of unbranched alkanes of at least 4 members (excludes halogenated alkanes) is 1. The van der Waals surface area contributed by atoms with Gasteiger partial charge in [-0.25, -0.2) is 15.2 Å². The summed E-state index contributed by atoms with van der Waals surface area (Å²) in [6, 6.07) is 14.1. The highest BCUT2D eigenvalue weighted by Crippen LogP contribution is 2.33. The van der Waals surface area contributed by atoms with Crippen LogP contribution in [0.25, 0.3) is 0 Å². The minimum Gasteiger partial charge on any atom is -0.484 e. The molecule has 17 nitrogen and oxygen atoms in total. The fourth-order valence-corrected chi connectivity index (χ4v) is 9.86. The molecule has 2 aromatic rings.